The Morgan fingerprint density at radius 3 is 2.70 bits per heavy atom. The van der Waals surface area contributed by atoms with Crippen LogP contribution < -0.4 is 16.4 Å². The maximum Gasteiger partial charge on any atom is 0.314 e. The Morgan fingerprint density at radius 2 is 2.00 bits per heavy atom. The van der Waals surface area contributed by atoms with E-state index >= 15 is 0 Å². The van der Waals surface area contributed by atoms with Gasteiger partial charge >= 0.3 is 6.03 Å². The highest BCUT2D eigenvalue weighted by Gasteiger charge is 2.15. The van der Waals surface area contributed by atoms with Gasteiger partial charge in [-0.15, -0.1) is 0 Å². The predicted molar refractivity (Wildman–Crippen MR) is 89.4 cm³/mol. The van der Waals surface area contributed by atoms with Gasteiger partial charge in [-0.25, -0.2) is 14.8 Å². The number of nitrogen functional groups attached to an aromatic ring is 1. The Bertz CT molecular complexity index is 710. The second-order valence-corrected chi connectivity index (χ2v) is 5.33. The highest BCUT2D eigenvalue weighted by Crippen LogP contribution is 2.25. The van der Waals surface area contributed by atoms with Crippen molar-refractivity contribution in [3.05, 3.63) is 17.1 Å². The molecule has 0 fully saturated rings. The zero-order valence-corrected chi connectivity index (χ0v) is 14.1. The van der Waals surface area contributed by atoms with Crippen molar-refractivity contribution in [2.45, 2.75) is 27.3 Å². The quantitative estimate of drug-likeness (QED) is 0.685. The van der Waals surface area contributed by atoms with Crippen LogP contribution in [-0.2, 0) is 11.3 Å². The number of amides is 2. The van der Waals surface area contributed by atoms with E-state index < -0.39 is 0 Å². The third-order valence-corrected chi connectivity index (χ3v) is 3.81. The summed E-state index contributed by atoms with van der Waals surface area (Å²) >= 11 is 0. The maximum atomic E-state index is 11.0. The average molecular weight is 320 g/mol. The lowest BCUT2D eigenvalue weighted by Crippen LogP contribution is -2.35. The number of hydrogen-bond acceptors (Lipinski definition) is 5. The van der Waals surface area contributed by atoms with Crippen LogP contribution in [-0.4, -0.2) is 47.4 Å². The molecule has 0 bridgehead atoms. The number of nitrogens with zero attached hydrogens (tertiary/aromatic N) is 3. The normalized spacial score (nSPS) is 11.0. The molecule has 2 rings (SSSR count). The molecule has 0 unspecified atom stereocenters. The van der Waals surface area contributed by atoms with Gasteiger partial charge in [-0.3, -0.25) is 0 Å². The van der Waals surface area contributed by atoms with E-state index in [1.807, 2.05) is 20.8 Å². The Morgan fingerprint density at radius 1 is 1.26 bits per heavy atom. The van der Waals surface area contributed by atoms with Crippen molar-refractivity contribution < 1.29 is 9.53 Å². The molecule has 0 saturated heterocycles. The minimum absolute atomic E-state index is 0.209. The zero-order chi connectivity index (χ0) is 17.0. The van der Waals surface area contributed by atoms with Crippen LogP contribution >= 0.6 is 0 Å². The number of rotatable bonds is 6. The number of anilines is 1. The zero-order valence-electron chi connectivity index (χ0n) is 14.1. The summed E-state index contributed by atoms with van der Waals surface area (Å²) in [6, 6.07) is -0.209. The Kier molecular flexibility index (Phi) is 5.38. The molecule has 4 N–H and O–H groups in total. The fourth-order valence-corrected chi connectivity index (χ4v) is 2.47. The summed E-state index contributed by atoms with van der Waals surface area (Å²) in [4.78, 5) is 19.9. The number of imidazole rings is 1. The van der Waals surface area contributed by atoms with Gasteiger partial charge < -0.3 is 25.7 Å². The summed E-state index contributed by atoms with van der Waals surface area (Å²) in [5, 5.41) is 5.16. The third kappa shape index (κ3) is 3.70. The van der Waals surface area contributed by atoms with Crippen LogP contribution in [0.3, 0.4) is 0 Å². The topological polar surface area (TPSA) is 107 Å². The van der Waals surface area contributed by atoms with E-state index in [-0.39, 0.29) is 6.03 Å². The molecule has 2 aromatic heterocycles. The van der Waals surface area contributed by atoms with Gasteiger partial charge in [-0.1, -0.05) is 0 Å². The van der Waals surface area contributed by atoms with Gasteiger partial charge in [0.15, 0.2) is 5.82 Å². The third-order valence-electron chi connectivity index (χ3n) is 3.81. The monoisotopic (exact) mass is 320 g/mol. The first-order valence-electron chi connectivity index (χ1n) is 7.58. The van der Waals surface area contributed by atoms with Gasteiger partial charge in [0.1, 0.15) is 11.3 Å². The lowest BCUT2D eigenvalue weighted by molar-refractivity contribution is 0.129. The lowest BCUT2D eigenvalue weighted by atomic mass is 10.2. The molecule has 126 valence electrons. The molecule has 0 spiro atoms. The van der Waals surface area contributed by atoms with E-state index in [0.717, 1.165) is 28.1 Å². The van der Waals surface area contributed by atoms with Crippen molar-refractivity contribution in [1.29, 1.82) is 0 Å². The van der Waals surface area contributed by atoms with Gasteiger partial charge in [0.05, 0.1) is 18.7 Å². The van der Waals surface area contributed by atoms with Crippen molar-refractivity contribution in [2.24, 2.45) is 0 Å². The average Bonchev–Trinajstić information content (AvgIpc) is 2.85. The van der Waals surface area contributed by atoms with Crippen molar-refractivity contribution in [3.63, 3.8) is 0 Å². The number of nitrogens with one attached hydrogen (secondary N) is 2. The summed E-state index contributed by atoms with van der Waals surface area (Å²) in [6.45, 7) is 8.05. The number of ether oxygens (including phenoxy) is 1. The molecular formula is C15H24N6O2. The lowest BCUT2D eigenvalue weighted by Gasteiger charge is -2.11. The van der Waals surface area contributed by atoms with Crippen LogP contribution in [0.25, 0.3) is 11.0 Å². The van der Waals surface area contributed by atoms with E-state index in [4.69, 9.17) is 10.5 Å². The SMILES string of the molecule is CNC(=O)NCCOCCn1c(C)nc2c(N)nc(C)c(C)c21. The van der Waals surface area contributed by atoms with Crippen LogP contribution in [0.2, 0.25) is 0 Å². The molecule has 0 radical (unpaired) electrons. The number of hydrogen-bond donors (Lipinski definition) is 3. The standard InChI is InChI=1S/C15H24N6O2/c1-9-10(2)19-14(16)12-13(9)21(11(3)20-12)6-8-23-7-5-18-15(22)17-4/h5-8H2,1-4H3,(H2,16,19)(H2,17,18,22). The number of pyridine rings is 1. The molecule has 23 heavy (non-hydrogen) atoms. The summed E-state index contributed by atoms with van der Waals surface area (Å²) in [5.74, 6) is 1.34. The summed E-state index contributed by atoms with van der Waals surface area (Å²) in [5.41, 5.74) is 9.72. The molecule has 8 nitrogen and oxygen atoms in total. The van der Waals surface area contributed by atoms with E-state index in [0.29, 0.717) is 32.1 Å². The number of fused-ring (bicyclic) bond motifs is 1. The van der Waals surface area contributed by atoms with Gasteiger partial charge in [-0.05, 0) is 26.3 Å². The first kappa shape index (κ1) is 17.0. The van der Waals surface area contributed by atoms with Crippen molar-refractivity contribution in [1.82, 2.24) is 25.2 Å². The van der Waals surface area contributed by atoms with Gasteiger partial charge in [-0.2, -0.15) is 0 Å². The van der Waals surface area contributed by atoms with Crippen LogP contribution in [0.5, 0.6) is 0 Å². The van der Waals surface area contributed by atoms with Crippen molar-refractivity contribution >= 4 is 22.9 Å². The molecule has 0 aliphatic carbocycles. The molecule has 8 heteroatoms. The molecule has 0 atom stereocenters. The van der Waals surface area contributed by atoms with Gasteiger partial charge in [0.25, 0.3) is 0 Å². The van der Waals surface area contributed by atoms with Gasteiger partial charge in [0.2, 0.25) is 0 Å². The van der Waals surface area contributed by atoms with E-state index in [1.165, 1.54) is 0 Å². The van der Waals surface area contributed by atoms with Crippen LogP contribution in [0.1, 0.15) is 17.1 Å². The first-order chi connectivity index (χ1) is 11.0. The number of carbonyl (C=O) groups excluding carboxylic acids is 1. The Hall–Kier alpha value is -2.35. The Balaban J connectivity index is 2.01. The molecule has 0 saturated carbocycles. The molecule has 0 aliphatic heterocycles. The molecule has 2 aromatic rings. The molecule has 2 amide bonds. The Labute approximate surface area is 135 Å². The minimum Gasteiger partial charge on any atom is -0.382 e. The van der Waals surface area contributed by atoms with E-state index in [1.54, 1.807) is 7.05 Å². The molecule has 2 heterocycles. The fourth-order valence-electron chi connectivity index (χ4n) is 2.47. The smallest absolute Gasteiger partial charge is 0.314 e. The first-order valence-corrected chi connectivity index (χ1v) is 7.58. The fraction of sp³-hybridized carbons (Fsp3) is 0.533. The van der Waals surface area contributed by atoms with Crippen LogP contribution in [0.4, 0.5) is 10.6 Å². The maximum absolute atomic E-state index is 11.0. The van der Waals surface area contributed by atoms with E-state index in [9.17, 15) is 4.79 Å². The van der Waals surface area contributed by atoms with Gasteiger partial charge in [0, 0.05) is 25.8 Å². The molecule has 0 aliphatic rings. The number of aryl methyl sites for hydroxylation is 3. The predicted octanol–water partition coefficient (Wildman–Crippen LogP) is 0.884. The summed E-state index contributed by atoms with van der Waals surface area (Å²) in [6.07, 6.45) is 0. The second kappa shape index (κ2) is 7.28. The summed E-state index contributed by atoms with van der Waals surface area (Å²) < 4.78 is 7.67. The number of carbonyl (C=O) groups is 1. The highest BCUT2D eigenvalue weighted by atomic mass is 16.5. The largest absolute Gasteiger partial charge is 0.382 e. The van der Waals surface area contributed by atoms with E-state index in [2.05, 4.69) is 25.2 Å². The summed E-state index contributed by atoms with van der Waals surface area (Å²) in [7, 11) is 1.58. The highest BCUT2D eigenvalue weighted by molar-refractivity contribution is 5.88. The van der Waals surface area contributed by atoms with Crippen molar-refractivity contribution in [3.8, 4) is 0 Å². The van der Waals surface area contributed by atoms with Crippen molar-refractivity contribution in [2.75, 3.05) is 32.5 Å². The molecular weight excluding hydrogens is 296 g/mol. The number of aromatic nitrogens is 3. The molecule has 0 aromatic carbocycles. The number of urea groups is 1. The second-order valence-electron chi connectivity index (χ2n) is 5.33. The number of nitrogens with two attached hydrogens (primary N) is 1. The minimum atomic E-state index is -0.209. The van der Waals surface area contributed by atoms with Crippen LogP contribution in [0.15, 0.2) is 0 Å². The van der Waals surface area contributed by atoms with Crippen LogP contribution in [0, 0.1) is 20.8 Å².